The largest absolute Gasteiger partial charge is 0.366 e. The Morgan fingerprint density at radius 3 is 2.56 bits per heavy atom. The van der Waals surface area contributed by atoms with E-state index >= 15 is 0 Å². The van der Waals surface area contributed by atoms with Gasteiger partial charge in [-0.3, -0.25) is 14.2 Å². The number of carbonyl (C=O) groups is 1. The number of amides is 1. The van der Waals surface area contributed by atoms with E-state index in [0.29, 0.717) is 6.04 Å². The Hall–Kier alpha value is -3.91. The minimum atomic E-state index is -0.202. The van der Waals surface area contributed by atoms with Gasteiger partial charge in [0.25, 0.3) is 5.91 Å². The number of rotatable bonds is 7. The number of carbonyl (C=O) groups excluding carboxylic acids is 1. The lowest BCUT2D eigenvalue weighted by molar-refractivity contribution is 0.0939. The molecule has 0 spiro atoms. The van der Waals surface area contributed by atoms with Gasteiger partial charge in [-0.15, -0.1) is 0 Å². The Morgan fingerprint density at radius 1 is 1.08 bits per heavy atom. The molecule has 8 nitrogen and oxygen atoms in total. The number of aryl methyl sites for hydroxylation is 3. The van der Waals surface area contributed by atoms with E-state index in [-0.39, 0.29) is 11.9 Å². The van der Waals surface area contributed by atoms with Gasteiger partial charge in [-0.1, -0.05) is 6.07 Å². The van der Waals surface area contributed by atoms with E-state index in [0.717, 1.165) is 70.9 Å². The molecule has 0 unspecified atom stereocenters. The van der Waals surface area contributed by atoms with Crippen molar-refractivity contribution in [2.75, 3.05) is 31.6 Å². The average Bonchev–Trinajstić information content (AvgIpc) is 3.58. The Bertz CT molecular complexity index is 1470. The molecule has 2 aromatic carbocycles. The molecule has 5 rings (SSSR count). The second-order valence-electron chi connectivity index (χ2n) is 10.8. The quantitative estimate of drug-likeness (QED) is 0.371. The molecule has 1 aliphatic heterocycles. The summed E-state index contributed by atoms with van der Waals surface area (Å²) in [4.78, 5) is 18.4. The molecule has 39 heavy (non-hydrogen) atoms. The van der Waals surface area contributed by atoms with Crippen molar-refractivity contribution in [2.24, 2.45) is 7.05 Å². The topological polar surface area (TPSA) is 71.2 Å². The van der Waals surface area contributed by atoms with E-state index < -0.39 is 0 Å². The summed E-state index contributed by atoms with van der Waals surface area (Å²) in [5.41, 5.74) is 7.81. The minimum absolute atomic E-state index is 0.0628. The molecule has 2 atom stereocenters. The highest BCUT2D eigenvalue weighted by Gasteiger charge is 2.23. The number of hydrogen-bond donors (Lipinski definition) is 1. The molecule has 0 radical (unpaired) electrons. The van der Waals surface area contributed by atoms with Gasteiger partial charge in [-0.05, 0) is 87.8 Å². The van der Waals surface area contributed by atoms with Crippen LogP contribution in [0, 0.1) is 6.92 Å². The molecule has 1 amide bonds. The van der Waals surface area contributed by atoms with Gasteiger partial charge >= 0.3 is 0 Å². The maximum Gasteiger partial charge on any atom is 0.252 e. The normalized spacial score (nSPS) is 16.9. The number of piperazine rings is 1. The summed E-state index contributed by atoms with van der Waals surface area (Å²) in [5, 5.41) is 12.4. The highest BCUT2D eigenvalue weighted by molar-refractivity contribution is 5.97. The first-order chi connectivity index (χ1) is 18.7. The third kappa shape index (κ3) is 5.76. The van der Waals surface area contributed by atoms with Crippen molar-refractivity contribution in [3.63, 3.8) is 0 Å². The fourth-order valence-corrected chi connectivity index (χ4v) is 5.39. The molecule has 1 N–H and O–H groups in total. The molecular formula is C31H39N7O. The van der Waals surface area contributed by atoms with Crippen LogP contribution in [-0.4, -0.2) is 63.1 Å². The van der Waals surface area contributed by atoms with E-state index in [1.54, 1.807) is 4.68 Å². The van der Waals surface area contributed by atoms with E-state index in [9.17, 15) is 4.79 Å². The van der Waals surface area contributed by atoms with Crippen LogP contribution in [0.5, 0.6) is 0 Å². The number of nitrogens with one attached hydrogen (secondary N) is 1. The summed E-state index contributed by atoms with van der Waals surface area (Å²) in [6.07, 6.45) is 5.87. The Morgan fingerprint density at radius 2 is 1.87 bits per heavy atom. The highest BCUT2D eigenvalue weighted by atomic mass is 16.1. The van der Waals surface area contributed by atoms with Crippen LogP contribution in [0.25, 0.3) is 22.4 Å². The molecule has 1 fully saturated rings. The van der Waals surface area contributed by atoms with Crippen LogP contribution in [0.4, 0.5) is 5.69 Å². The van der Waals surface area contributed by atoms with Crippen LogP contribution in [-0.2, 0) is 13.6 Å². The second kappa shape index (κ2) is 11.1. The molecule has 2 aromatic heterocycles. The predicted octanol–water partition coefficient (Wildman–Crippen LogP) is 4.91. The summed E-state index contributed by atoms with van der Waals surface area (Å²) < 4.78 is 3.73. The van der Waals surface area contributed by atoms with Gasteiger partial charge in [0, 0.05) is 74.0 Å². The average molecular weight is 526 g/mol. The molecular weight excluding hydrogens is 486 g/mol. The van der Waals surface area contributed by atoms with Crippen molar-refractivity contribution < 1.29 is 4.79 Å². The number of benzene rings is 2. The van der Waals surface area contributed by atoms with Crippen LogP contribution in [0.2, 0.25) is 0 Å². The van der Waals surface area contributed by atoms with Crippen LogP contribution < -0.4 is 10.2 Å². The second-order valence-corrected chi connectivity index (χ2v) is 10.8. The van der Waals surface area contributed by atoms with Crippen LogP contribution in [0.1, 0.15) is 48.3 Å². The standard InChI is InChI=1S/C31H39N7O/c1-7-37-11-10-30(34-37)26-15-24(14-25(16-26)27-18-32-36(6)20-27)23(4)33-31(39)29-17-28(9-8-21(29)2)38-13-12-35(5)19-22(38)3/h8-11,14-18,20,22-23H,7,12-13,19H2,1-6H3,(H,33,39)/t22-,23-/m1/s1. The zero-order chi connectivity index (χ0) is 27.7. The summed E-state index contributed by atoms with van der Waals surface area (Å²) in [6, 6.07) is 14.9. The summed E-state index contributed by atoms with van der Waals surface area (Å²) in [6.45, 7) is 12.2. The van der Waals surface area contributed by atoms with E-state index in [1.807, 2.05) is 56.3 Å². The maximum absolute atomic E-state index is 13.6. The van der Waals surface area contributed by atoms with Gasteiger partial charge < -0.3 is 15.1 Å². The summed E-state index contributed by atoms with van der Waals surface area (Å²) >= 11 is 0. The Balaban J connectivity index is 1.43. The third-order valence-corrected chi connectivity index (χ3v) is 7.73. The van der Waals surface area contributed by atoms with Crippen molar-refractivity contribution in [2.45, 2.75) is 46.3 Å². The molecule has 4 aromatic rings. The molecule has 0 aliphatic carbocycles. The fraction of sp³-hybridized carbons (Fsp3) is 0.387. The molecule has 204 valence electrons. The smallest absolute Gasteiger partial charge is 0.252 e. The number of hydrogen-bond acceptors (Lipinski definition) is 5. The summed E-state index contributed by atoms with van der Waals surface area (Å²) in [5.74, 6) is -0.0628. The lowest BCUT2D eigenvalue weighted by Gasteiger charge is -2.40. The highest BCUT2D eigenvalue weighted by Crippen LogP contribution is 2.30. The van der Waals surface area contributed by atoms with Crippen molar-refractivity contribution in [3.8, 4) is 22.4 Å². The van der Waals surface area contributed by atoms with Crippen molar-refractivity contribution in [1.82, 2.24) is 29.8 Å². The number of anilines is 1. The first-order valence-corrected chi connectivity index (χ1v) is 13.8. The van der Waals surface area contributed by atoms with Crippen LogP contribution in [0.3, 0.4) is 0 Å². The van der Waals surface area contributed by atoms with Crippen molar-refractivity contribution >= 4 is 11.6 Å². The predicted molar refractivity (Wildman–Crippen MR) is 157 cm³/mol. The van der Waals surface area contributed by atoms with E-state index in [1.165, 1.54) is 0 Å². The zero-order valence-electron chi connectivity index (χ0n) is 23.8. The SMILES string of the molecule is CCn1ccc(-c2cc(-c3cnn(C)c3)cc([C@@H](C)NC(=O)c3cc(N4CCN(C)C[C@H]4C)ccc3C)c2)n1. The monoisotopic (exact) mass is 525 g/mol. The first kappa shape index (κ1) is 26.7. The van der Waals surface area contributed by atoms with Gasteiger partial charge in [-0.25, -0.2) is 0 Å². The minimum Gasteiger partial charge on any atom is -0.366 e. The molecule has 1 saturated heterocycles. The van der Waals surface area contributed by atoms with Gasteiger partial charge in [-0.2, -0.15) is 10.2 Å². The van der Waals surface area contributed by atoms with Crippen LogP contribution in [0.15, 0.2) is 61.1 Å². The molecule has 0 saturated carbocycles. The van der Waals surface area contributed by atoms with Gasteiger partial charge in [0.15, 0.2) is 0 Å². The van der Waals surface area contributed by atoms with Gasteiger partial charge in [0.05, 0.1) is 17.9 Å². The Labute approximate surface area is 231 Å². The van der Waals surface area contributed by atoms with Crippen LogP contribution >= 0.6 is 0 Å². The Kier molecular flexibility index (Phi) is 7.57. The van der Waals surface area contributed by atoms with Gasteiger partial charge in [0.2, 0.25) is 0 Å². The first-order valence-electron chi connectivity index (χ1n) is 13.8. The molecule has 8 heteroatoms. The van der Waals surface area contributed by atoms with Crippen molar-refractivity contribution in [3.05, 3.63) is 77.7 Å². The third-order valence-electron chi connectivity index (χ3n) is 7.73. The zero-order valence-corrected chi connectivity index (χ0v) is 23.8. The number of likely N-dealkylation sites (N-methyl/N-ethyl adjacent to an activating group) is 1. The molecule has 3 heterocycles. The number of nitrogens with zero attached hydrogens (tertiary/aromatic N) is 6. The lowest BCUT2D eigenvalue weighted by Crippen LogP contribution is -2.50. The van der Waals surface area contributed by atoms with Crippen molar-refractivity contribution in [1.29, 1.82) is 0 Å². The lowest BCUT2D eigenvalue weighted by atomic mass is 9.96. The number of aromatic nitrogens is 4. The van der Waals surface area contributed by atoms with Gasteiger partial charge in [0.1, 0.15) is 0 Å². The van der Waals surface area contributed by atoms with E-state index in [4.69, 9.17) is 5.10 Å². The maximum atomic E-state index is 13.6. The molecule has 0 bridgehead atoms. The van der Waals surface area contributed by atoms with E-state index in [2.05, 4.69) is 71.4 Å². The fourth-order valence-electron chi connectivity index (χ4n) is 5.39. The molecule has 1 aliphatic rings. The summed E-state index contributed by atoms with van der Waals surface area (Å²) in [7, 11) is 4.08.